The number of aliphatic hydroxyl groups is 2. The Morgan fingerprint density at radius 1 is 0.645 bits per heavy atom. The lowest BCUT2D eigenvalue weighted by molar-refractivity contribution is -0.139. The highest BCUT2D eigenvalue weighted by molar-refractivity contribution is 5.87. The maximum Gasteiger partial charge on any atom is 0.333 e. The summed E-state index contributed by atoms with van der Waals surface area (Å²) in [6, 6.07) is 20.8. The fourth-order valence-electron chi connectivity index (χ4n) is 9.13. The number of hydrogen-bond donors (Lipinski definition) is 2. The van der Waals surface area contributed by atoms with Crippen LogP contribution in [0.15, 0.2) is 78.9 Å². The second-order valence-corrected chi connectivity index (χ2v) is 18.6. The van der Waals surface area contributed by atoms with E-state index in [-0.39, 0.29) is 26.4 Å². The summed E-state index contributed by atoms with van der Waals surface area (Å²) in [5.74, 6) is 2.03. The molecule has 0 radical (unpaired) electrons. The molecular weight excluding hydrogens is 773 g/mol. The van der Waals surface area contributed by atoms with Gasteiger partial charge in [-0.3, -0.25) is 0 Å². The van der Waals surface area contributed by atoms with Crippen molar-refractivity contribution in [1.82, 2.24) is 0 Å². The van der Waals surface area contributed by atoms with Gasteiger partial charge in [0, 0.05) is 16.6 Å². The first-order valence-corrected chi connectivity index (χ1v) is 23.9. The molecule has 2 fully saturated rings. The van der Waals surface area contributed by atoms with E-state index >= 15 is 0 Å². The number of carbonyl (C=O) groups is 2. The number of rotatable bonds is 27. The molecule has 0 saturated heterocycles. The van der Waals surface area contributed by atoms with Crippen LogP contribution in [0.3, 0.4) is 0 Å². The van der Waals surface area contributed by atoms with E-state index in [4.69, 9.17) is 14.2 Å². The lowest BCUT2D eigenvalue weighted by atomic mass is 9.77. The average molecular weight is 849 g/mol. The summed E-state index contributed by atoms with van der Waals surface area (Å²) in [6.45, 7) is 15.7. The van der Waals surface area contributed by atoms with Crippen LogP contribution in [0.2, 0.25) is 0 Å². The Labute approximate surface area is 373 Å². The van der Waals surface area contributed by atoms with E-state index in [1.165, 1.54) is 79.2 Å². The zero-order valence-corrected chi connectivity index (χ0v) is 38.5. The third-order valence-corrected chi connectivity index (χ3v) is 13.4. The summed E-state index contributed by atoms with van der Waals surface area (Å²) in [6.07, 6.45) is 18.6. The maximum absolute atomic E-state index is 12.3. The van der Waals surface area contributed by atoms with Gasteiger partial charge in [-0.05, 0) is 165 Å². The van der Waals surface area contributed by atoms with E-state index in [0.717, 1.165) is 54.0 Å². The van der Waals surface area contributed by atoms with Crippen molar-refractivity contribution in [2.75, 3.05) is 33.0 Å². The van der Waals surface area contributed by atoms with Gasteiger partial charge in [-0.1, -0.05) is 108 Å². The zero-order chi connectivity index (χ0) is 44.5. The minimum absolute atomic E-state index is 0.113. The summed E-state index contributed by atoms with van der Waals surface area (Å²) in [5.41, 5.74) is 9.75. The Bertz CT molecular complexity index is 1850. The van der Waals surface area contributed by atoms with Gasteiger partial charge in [0.1, 0.15) is 5.75 Å². The van der Waals surface area contributed by atoms with Crippen molar-refractivity contribution in [3.05, 3.63) is 101 Å². The monoisotopic (exact) mass is 849 g/mol. The highest BCUT2D eigenvalue weighted by atomic mass is 16.5. The van der Waals surface area contributed by atoms with Crippen molar-refractivity contribution < 1.29 is 34.0 Å². The fraction of sp³-hybridized carbons (Fsp3) is 0.564. The number of ether oxygens (including phenoxy) is 3. The van der Waals surface area contributed by atoms with Crippen LogP contribution in [-0.2, 0) is 31.9 Å². The molecule has 0 aromatic heterocycles. The van der Waals surface area contributed by atoms with E-state index in [2.05, 4.69) is 81.6 Å². The average Bonchev–Trinajstić information content (AvgIpc) is 4.14. The molecule has 0 bridgehead atoms. The van der Waals surface area contributed by atoms with Gasteiger partial charge in [-0.25, -0.2) is 9.59 Å². The molecule has 5 rings (SSSR count). The van der Waals surface area contributed by atoms with Crippen molar-refractivity contribution in [3.8, 4) is 28.0 Å². The molecule has 2 saturated carbocycles. The summed E-state index contributed by atoms with van der Waals surface area (Å²) in [4.78, 5) is 24.5. The maximum atomic E-state index is 12.3. The van der Waals surface area contributed by atoms with Crippen LogP contribution in [0, 0.1) is 11.3 Å². The topological polar surface area (TPSA) is 102 Å². The molecule has 0 heterocycles. The van der Waals surface area contributed by atoms with Crippen molar-refractivity contribution >= 4 is 11.9 Å². The fourth-order valence-corrected chi connectivity index (χ4v) is 9.13. The van der Waals surface area contributed by atoms with Crippen molar-refractivity contribution in [3.63, 3.8) is 0 Å². The van der Waals surface area contributed by atoms with Crippen LogP contribution >= 0.6 is 0 Å². The Balaban J connectivity index is 1.44. The van der Waals surface area contributed by atoms with Gasteiger partial charge in [-0.2, -0.15) is 0 Å². The van der Waals surface area contributed by atoms with E-state index in [1.807, 2.05) is 0 Å². The third kappa shape index (κ3) is 14.2. The van der Waals surface area contributed by atoms with Gasteiger partial charge in [0.05, 0.1) is 33.0 Å². The lowest BCUT2D eigenvalue weighted by Gasteiger charge is -2.30. The largest absolute Gasteiger partial charge is 0.493 e. The Morgan fingerprint density at radius 2 is 1.21 bits per heavy atom. The van der Waals surface area contributed by atoms with Crippen LogP contribution in [-0.4, -0.2) is 55.2 Å². The molecule has 0 atom stereocenters. The molecule has 0 amide bonds. The first-order valence-electron chi connectivity index (χ1n) is 23.9. The van der Waals surface area contributed by atoms with Crippen LogP contribution in [0.1, 0.15) is 165 Å². The molecule has 0 spiro atoms. The number of hydrogen-bond acceptors (Lipinski definition) is 7. The summed E-state index contributed by atoms with van der Waals surface area (Å²) < 4.78 is 17.7. The molecule has 2 aliphatic rings. The number of esters is 2. The second kappa shape index (κ2) is 24.6. The Kier molecular flexibility index (Phi) is 19.4. The Hall–Kier alpha value is -4.20. The summed E-state index contributed by atoms with van der Waals surface area (Å²) >= 11 is 0. The molecule has 2 aliphatic carbocycles. The number of unbranched alkanes of at least 4 members (excludes halogenated alkanes) is 3. The molecule has 3 aromatic rings. The minimum atomic E-state index is -0.627. The molecular formula is C55H76O7. The van der Waals surface area contributed by atoms with Crippen LogP contribution in [0.25, 0.3) is 22.3 Å². The van der Waals surface area contributed by atoms with Crippen molar-refractivity contribution in [1.29, 1.82) is 0 Å². The summed E-state index contributed by atoms with van der Waals surface area (Å²) in [5, 5.41) is 20.8. The highest BCUT2D eigenvalue weighted by Crippen LogP contribution is 2.47. The van der Waals surface area contributed by atoms with Crippen LogP contribution in [0.5, 0.6) is 5.75 Å². The van der Waals surface area contributed by atoms with E-state index in [9.17, 15) is 19.8 Å². The van der Waals surface area contributed by atoms with Gasteiger partial charge < -0.3 is 24.4 Å². The molecule has 62 heavy (non-hydrogen) atoms. The molecule has 7 nitrogen and oxygen atoms in total. The third-order valence-electron chi connectivity index (χ3n) is 13.4. The summed E-state index contributed by atoms with van der Waals surface area (Å²) in [7, 11) is 0. The van der Waals surface area contributed by atoms with E-state index in [0.29, 0.717) is 68.1 Å². The molecule has 2 N–H and O–H groups in total. The number of aliphatic hydroxyl groups excluding tert-OH is 2. The van der Waals surface area contributed by atoms with Gasteiger partial charge in [0.25, 0.3) is 0 Å². The minimum Gasteiger partial charge on any atom is -0.493 e. The molecule has 0 aliphatic heterocycles. The van der Waals surface area contributed by atoms with E-state index in [1.54, 1.807) is 13.8 Å². The number of carbonyl (C=O) groups excluding carboxylic acids is 2. The van der Waals surface area contributed by atoms with Gasteiger partial charge in [-0.15, -0.1) is 0 Å². The predicted molar refractivity (Wildman–Crippen MR) is 253 cm³/mol. The first kappa shape index (κ1) is 48.8. The smallest absolute Gasteiger partial charge is 0.333 e. The number of aryl methyl sites for hydroxylation is 2. The molecule has 7 heteroatoms. The second-order valence-electron chi connectivity index (χ2n) is 18.6. The number of benzene rings is 3. The van der Waals surface area contributed by atoms with Crippen LogP contribution < -0.4 is 4.74 Å². The molecule has 0 unspecified atom stereocenters. The predicted octanol–water partition coefficient (Wildman–Crippen LogP) is 12.8. The zero-order valence-electron chi connectivity index (χ0n) is 38.5. The first-order chi connectivity index (χ1) is 30.0. The molecule has 3 aromatic carbocycles. The van der Waals surface area contributed by atoms with Crippen LogP contribution in [0.4, 0.5) is 0 Å². The lowest BCUT2D eigenvalue weighted by Crippen LogP contribution is -2.32. The normalized spacial score (nSPS) is 16.5. The van der Waals surface area contributed by atoms with Gasteiger partial charge >= 0.3 is 11.9 Å². The van der Waals surface area contributed by atoms with Gasteiger partial charge in [0.15, 0.2) is 0 Å². The van der Waals surface area contributed by atoms with Crippen molar-refractivity contribution in [2.45, 2.75) is 155 Å². The molecule has 338 valence electrons. The highest BCUT2D eigenvalue weighted by Gasteiger charge is 2.30. The SMILES string of the molecule is C=C(C)C(=O)OCCCc1cc(-c2ccc(-c3ccc(C4CCC(CCCCC)CC4)cc3)cc2C2CC2)cc(CCCOC(=O)C(=C)C)c1OCCC(CO)(CO)CCCC. The Morgan fingerprint density at radius 3 is 1.74 bits per heavy atom. The van der Waals surface area contributed by atoms with Gasteiger partial charge in [0.2, 0.25) is 0 Å². The quantitative estimate of drug-likeness (QED) is 0.0447. The van der Waals surface area contributed by atoms with Crippen molar-refractivity contribution in [2.24, 2.45) is 11.3 Å². The van der Waals surface area contributed by atoms with E-state index < -0.39 is 17.4 Å². The standard InChI is InChI=1S/C55H76O7/c1-7-9-11-14-41-17-19-42(20-18-41)43-21-23-44(24-22-43)46-27-28-50(51(36-46)45-25-26-45)49-34-47(15-12-31-61-53(58)39(3)4)52(48(35-49)16-13-32-62-54(59)40(5)6)60-33-30-55(37-56,38-57)29-10-8-2/h21-24,27-28,34-36,41-42,45,56-57H,3,5,7-20,25-26,29-33,37-38H2,1-2,4,6H3.